The molecule has 0 spiro atoms. The number of carbonyl (C=O) groups is 2. The first-order chi connectivity index (χ1) is 6.57. The number of ether oxygens (including phenoxy) is 1. The highest BCUT2D eigenvalue weighted by molar-refractivity contribution is 7.99. The summed E-state index contributed by atoms with van der Waals surface area (Å²) in [5.74, 6) is 0.0686. The van der Waals surface area contributed by atoms with Gasteiger partial charge in [-0.1, -0.05) is 23.2 Å². The molecule has 1 atom stereocenters. The molecule has 0 saturated carbocycles. The monoisotopic (exact) mass is 257 g/mol. The van der Waals surface area contributed by atoms with E-state index in [1.807, 2.05) is 0 Å². The molecule has 1 saturated heterocycles. The topological polar surface area (TPSA) is 46.6 Å². The standard InChI is InChI=1S/C7H9Cl2NO3S/c1-13-7(12)4-2-14-3-10(4)6(11)5(8)9/h4-5H,2-3H2,1H3. The van der Waals surface area contributed by atoms with E-state index in [0.29, 0.717) is 11.6 Å². The Balaban J connectivity index is 2.68. The maximum Gasteiger partial charge on any atom is 0.329 e. The van der Waals surface area contributed by atoms with E-state index in [2.05, 4.69) is 4.74 Å². The van der Waals surface area contributed by atoms with Gasteiger partial charge in [0.05, 0.1) is 13.0 Å². The van der Waals surface area contributed by atoms with Crippen molar-refractivity contribution in [2.45, 2.75) is 10.9 Å². The predicted octanol–water partition coefficient (Wildman–Crippen LogP) is 0.865. The number of esters is 1. The van der Waals surface area contributed by atoms with Crippen molar-refractivity contribution < 1.29 is 14.3 Å². The number of nitrogens with zero attached hydrogens (tertiary/aromatic N) is 1. The molecule has 1 fully saturated rings. The molecular weight excluding hydrogens is 249 g/mol. The minimum atomic E-state index is -1.12. The second kappa shape index (κ2) is 5.09. The number of carbonyl (C=O) groups excluding carboxylic acids is 2. The van der Waals surface area contributed by atoms with Gasteiger partial charge >= 0.3 is 5.97 Å². The lowest BCUT2D eigenvalue weighted by atomic mass is 10.3. The first-order valence-electron chi connectivity index (χ1n) is 3.82. The zero-order chi connectivity index (χ0) is 10.7. The lowest BCUT2D eigenvalue weighted by Gasteiger charge is -2.21. The summed E-state index contributed by atoms with van der Waals surface area (Å²) in [5, 5.41) is 0. The van der Waals surface area contributed by atoms with Crippen molar-refractivity contribution in [2.75, 3.05) is 18.7 Å². The number of rotatable bonds is 2. The third-order valence-corrected chi connectivity index (χ3v) is 3.21. The van der Waals surface area contributed by atoms with Gasteiger partial charge in [-0.15, -0.1) is 11.8 Å². The second-order valence-corrected chi connectivity index (χ2v) is 4.74. The zero-order valence-corrected chi connectivity index (χ0v) is 9.73. The minimum Gasteiger partial charge on any atom is -0.467 e. The Morgan fingerprint density at radius 2 is 2.21 bits per heavy atom. The van der Waals surface area contributed by atoms with Crippen LogP contribution in [-0.2, 0) is 14.3 Å². The van der Waals surface area contributed by atoms with Gasteiger partial charge in [-0.25, -0.2) is 4.79 Å². The van der Waals surface area contributed by atoms with Crippen molar-refractivity contribution in [1.82, 2.24) is 4.90 Å². The van der Waals surface area contributed by atoms with E-state index >= 15 is 0 Å². The summed E-state index contributed by atoms with van der Waals surface area (Å²) in [4.78, 5) is 22.9. The van der Waals surface area contributed by atoms with E-state index < -0.39 is 22.8 Å². The number of hydrogen-bond donors (Lipinski definition) is 0. The van der Waals surface area contributed by atoms with Crippen molar-refractivity contribution in [2.24, 2.45) is 0 Å². The number of methoxy groups -OCH3 is 1. The van der Waals surface area contributed by atoms with Gasteiger partial charge in [0.25, 0.3) is 5.91 Å². The quantitative estimate of drug-likeness (QED) is 0.544. The highest BCUT2D eigenvalue weighted by Crippen LogP contribution is 2.24. The molecule has 1 unspecified atom stereocenters. The van der Waals surface area contributed by atoms with Gasteiger partial charge < -0.3 is 9.64 Å². The molecule has 0 radical (unpaired) electrons. The van der Waals surface area contributed by atoms with Crippen LogP contribution >= 0.6 is 35.0 Å². The van der Waals surface area contributed by atoms with Crippen molar-refractivity contribution in [3.63, 3.8) is 0 Å². The molecule has 14 heavy (non-hydrogen) atoms. The van der Waals surface area contributed by atoms with Crippen LogP contribution in [0.2, 0.25) is 0 Å². The number of halogens is 2. The number of thioether (sulfide) groups is 1. The molecule has 0 aromatic heterocycles. The van der Waals surface area contributed by atoms with Crippen LogP contribution in [0.3, 0.4) is 0 Å². The van der Waals surface area contributed by atoms with Crippen molar-refractivity contribution in [1.29, 1.82) is 0 Å². The van der Waals surface area contributed by atoms with Gasteiger partial charge in [0.2, 0.25) is 0 Å². The average Bonchev–Trinajstić information content (AvgIpc) is 2.63. The van der Waals surface area contributed by atoms with E-state index in [4.69, 9.17) is 23.2 Å². The van der Waals surface area contributed by atoms with Gasteiger partial charge in [-0.2, -0.15) is 0 Å². The maximum absolute atomic E-state index is 11.4. The highest BCUT2D eigenvalue weighted by Gasteiger charge is 2.37. The Morgan fingerprint density at radius 1 is 1.57 bits per heavy atom. The number of hydrogen-bond acceptors (Lipinski definition) is 4. The fourth-order valence-corrected chi connectivity index (χ4v) is 2.52. The van der Waals surface area contributed by atoms with Crippen LogP contribution in [0.5, 0.6) is 0 Å². The van der Waals surface area contributed by atoms with Gasteiger partial charge in [0.15, 0.2) is 4.84 Å². The van der Waals surface area contributed by atoms with Gasteiger partial charge in [-0.3, -0.25) is 4.79 Å². The number of alkyl halides is 2. The fourth-order valence-electron chi connectivity index (χ4n) is 1.12. The SMILES string of the molecule is COC(=O)C1CSCN1C(=O)C(Cl)Cl. The largest absolute Gasteiger partial charge is 0.467 e. The Morgan fingerprint density at radius 3 is 2.71 bits per heavy atom. The Bertz CT molecular complexity index is 249. The molecule has 0 aliphatic carbocycles. The average molecular weight is 258 g/mol. The van der Waals surface area contributed by atoms with Crippen LogP contribution in [0.25, 0.3) is 0 Å². The van der Waals surface area contributed by atoms with E-state index in [-0.39, 0.29) is 0 Å². The summed E-state index contributed by atoms with van der Waals surface area (Å²) in [7, 11) is 1.28. The summed E-state index contributed by atoms with van der Waals surface area (Å²) in [6.45, 7) is 0. The summed E-state index contributed by atoms with van der Waals surface area (Å²) in [6.07, 6.45) is 0. The van der Waals surface area contributed by atoms with E-state index in [0.717, 1.165) is 0 Å². The van der Waals surface area contributed by atoms with Crippen molar-refractivity contribution in [3.05, 3.63) is 0 Å². The molecule has 0 N–H and O–H groups in total. The summed E-state index contributed by atoms with van der Waals surface area (Å²) < 4.78 is 4.56. The molecule has 1 rings (SSSR count). The van der Waals surface area contributed by atoms with E-state index in [1.165, 1.54) is 23.8 Å². The predicted molar refractivity (Wildman–Crippen MR) is 55.5 cm³/mol. The maximum atomic E-state index is 11.4. The van der Waals surface area contributed by atoms with Crippen molar-refractivity contribution in [3.8, 4) is 0 Å². The Labute approximate surface area is 95.8 Å². The lowest BCUT2D eigenvalue weighted by Crippen LogP contribution is -2.44. The van der Waals surface area contributed by atoms with Crippen LogP contribution < -0.4 is 0 Å². The molecule has 80 valence electrons. The normalized spacial score (nSPS) is 21.4. The molecule has 0 aromatic carbocycles. The van der Waals surface area contributed by atoms with Crippen molar-refractivity contribution >= 4 is 46.8 Å². The Kier molecular flexibility index (Phi) is 4.34. The van der Waals surface area contributed by atoms with E-state index in [1.54, 1.807) is 0 Å². The molecule has 1 heterocycles. The first kappa shape index (κ1) is 11.9. The smallest absolute Gasteiger partial charge is 0.329 e. The van der Waals surface area contributed by atoms with Crippen LogP contribution in [0.15, 0.2) is 0 Å². The van der Waals surface area contributed by atoms with Gasteiger partial charge in [-0.05, 0) is 0 Å². The third-order valence-electron chi connectivity index (χ3n) is 1.83. The van der Waals surface area contributed by atoms with Gasteiger partial charge in [0.1, 0.15) is 6.04 Å². The Hall–Kier alpha value is -0.130. The molecule has 1 aliphatic rings. The molecule has 1 amide bonds. The molecule has 4 nitrogen and oxygen atoms in total. The molecule has 7 heteroatoms. The summed E-state index contributed by atoms with van der Waals surface area (Å²) in [6, 6.07) is -0.558. The lowest BCUT2D eigenvalue weighted by molar-refractivity contribution is -0.149. The third kappa shape index (κ3) is 2.46. The molecule has 0 bridgehead atoms. The van der Waals surface area contributed by atoms with Gasteiger partial charge in [0, 0.05) is 5.75 Å². The van der Waals surface area contributed by atoms with Crippen LogP contribution in [0, 0.1) is 0 Å². The highest BCUT2D eigenvalue weighted by atomic mass is 35.5. The number of amides is 1. The summed E-state index contributed by atoms with van der Waals surface area (Å²) >= 11 is 12.3. The van der Waals surface area contributed by atoms with Crippen LogP contribution in [-0.4, -0.2) is 46.4 Å². The fraction of sp³-hybridized carbons (Fsp3) is 0.714. The van der Waals surface area contributed by atoms with Crippen LogP contribution in [0.1, 0.15) is 0 Å². The van der Waals surface area contributed by atoms with Crippen LogP contribution in [0.4, 0.5) is 0 Å². The molecule has 1 aliphatic heterocycles. The van der Waals surface area contributed by atoms with E-state index in [9.17, 15) is 9.59 Å². The molecular formula is C7H9Cl2NO3S. The second-order valence-electron chi connectivity index (χ2n) is 2.65. The zero-order valence-electron chi connectivity index (χ0n) is 7.41. The molecule has 0 aromatic rings. The summed E-state index contributed by atoms with van der Waals surface area (Å²) in [5.41, 5.74) is 0. The minimum absolute atomic E-state index is 0.425. The first-order valence-corrected chi connectivity index (χ1v) is 5.85.